The van der Waals surface area contributed by atoms with E-state index in [9.17, 15) is 17.6 Å². The lowest BCUT2D eigenvalue weighted by molar-refractivity contribution is 0.496. The molecule has 0 bridgehead atoms. The number of hydrogen-bond donors (Lipinski definition) is 1. The topological polar surface area (TPSA) is 24.9 Å². The summed E-state index contributed by atoms with van der Waals surface area (Å²) in [4.78, 5) is 3.57. The van der Waals surface area contributed by atoms with Crippen molar-refractivity contribution < 1.29 is 17.6 Å². The monoisotopic (exact) mass is 276 g/mol. The van der Waals surface area contributed by atoms with Crippen LogP contribution in [0.4, 0.5) is 29.1 Å². The van der Waals surface area contributed by atoms with Crippen molar-refractivity contribution in [2.45, 2.75) is 0 Å². The lowest BCUT2D eigenvalue weighted by Gasteiger charge is -2.08. The van der Waals surface area contributed by atoms with Gasteiger partial charge in [-0.15, -0.1) is 0 Å². The molecule has 0 amide bonds. The van der Waals surface area contributed by atoms with Crippen molar-refractivity contribution >= 4 is 23.1 Å². The van der Waals surface area contributed by atoms with Gasteiger partial charge >= 0.3 is 0 Å². The first-order valence-electron chi connectivity index (χ1n) is 4.70. The second-order valence-electron chi connectivity index (χ2n) is 3.36. The van der Waals surface area contributed by atoms with E-state index in [4.69, 9.17) is 11.6 Å². The molecule has 0 saturated heterocycles. The van der Waals surface area contributed by atoms with Gasteiger partial charge in [0.15, 0.2) is 23.3 Å². The molecular weight excluding hydrogens is 272 g/mol. The van der Waals surface area contributed by atoms with Gasteiger partial charge in [0.2, 0.25) is 0 Å². The van der Waals surface area contributed by atoms with E-state index in [2.05, 4.69) is 10.3 Å². The highest BCUT2D eigenvalue weighted by Crippen LogP contribution is 2.24. The lowest BCUT2D eigenvalue weighted by Crippen LogP contribution is -2.01. The van der Waals surface area contributed by atoms with Gasteiger partial charge < -0.3 is 5.32 Å². The molecular formula is C11H5ClF4N2. The minimum absolute atomic E-state index is 0.0591. The molecule has 7 heteroatoms. The first-order chi connectivity index (χ1) is 8.47. The van der Waals surface area contributed by atoms with E-state index in [1.807, 2.05) is 0 Å². The van der Waals surface area contributed by atoms with Crippen LogP contribution in [0.5, 0.6) is 0 Å². The molecule has 1 aromatic heterocycles. The average molecular weight is 277 g/mol. The smallest absolute Gasteiger partial charge is 0.167 e. The predicted octanol–water partition coefficient (Wildman–Crippen LogP) is 4.04. The van der Waals surface area contributed by atoms with Crippen LogP contribution in [-0.4, -0.2) is 4.98 Å². The summed E-state index contributed by atoms with van der Waals surface area (Å²) in [5.41, 5.74) is -0.428. The van der Waals surface area contributed by atoms with Gasteiger partial charge in [-0.1, -0.05) is 11.6 Å². The van der Waals surface area contributed by atoms with Crippen LogP contribution in [0.1, 0.15) is 0 Å². The number of nitrogens with one attached hydrogen (secondary N) is 1. The van der Waals surface area contributed by atoms with Crippen molar-refractivity contribution in [2.24, 2.45) is 0 Å². The van der Waals surface area contributed by atoms with E-state index < -0.39 is 29.0 Å². The van der Waals surface area contributed by atoms with Crippen LogP contribution in [-0.2, 0) is 0 Å². The average Bonchev–Trinajstić information content (AvgIpc) is 2.29. The van der Waals surface area contributed by atoms with Crippen LogP contribution in [0.2, 0.25) is 5.02 Å². The van der Waals surface area contributed by atoms with E-state index in [1.54, 1.807) is 0 Å². The van der Waals surface area contributed by atoms with Crippen molar-refractivity contribution in [2.75, 3.05) is 5.32 Å². The summed E-state index contributed by atoms with van der Waals surface area (Å²) >= 11 is 5.48. The third-order valence-corrected chi connectivity index (χ3v) is 2.28. The molecule has 2 rings (SSSR count). The molecule has 0 unspecified atom stereocenters. The molecule has 1 heterocycles. The predicted molar refractivity (Wildman–Crippen MR) is 58.8 cm³/mol. The SMILES string of the molecule is Fc1cc(F)c(Nc2ncc(Cl)cc2F)cc1F. The number of pyridine rings is 1. The fourth-order valence-corrected chi connectivity index (χ4v) is 1.40. The Kier molecular flexibility index (Phi) is 3.38. The van der Waals surface area contributed by atoms with Crippen molar-refractivity contribution in [1.29, 1.82) is 0 Å². The molecule has 0 saturated carbocycles. The van der Waals surface area contributed by atoms with Crippen LogP contribution >= 0.6 is 11.6 Å². The normalized spacial score (nSPS) is 10.5. The standard InChI is InChI=1S/C11H5ClF4N2/c12-5-1-9(16)11(17-4-5)18-10-3-7(14)6(13)2-8(10)15/h1-4H,(H,17,18). The summed E-state index contributed by atoms with van der Waals surface area (Å²) in [6.45, 7) is 0. The fourth-order valence-electron chi connectivity index (χ4n) is 1.25. The molecule has 0 spiro atoms. The molecule has 94 valence electrons. The zero-order valence-corrected chi connectivity index (χ0v) is 9.40. The number of halogens is 5. The van der Waals surface area contributed by atoms with E-state index in [1.165, 1.54) is 0 Å². The van der Waals surface area contributed by atoms with E-state index >= 15 is 0 Å². The maximum absolute atomic E-state index is 13.3. The summed E-state index contributed by atoms with van der Waals surface area (Å²) < 4.78 is 52.2. The highest BCUT2D eigenvalue weighted by atomic mass is 35.5. The minimum Gasteiger partial charge on any atom is -0.335 e. The summed E-state index contributed by atoms with van der Waals surface area (Å²) in [5, 5.41) is 2.27. The summed E-state index contributed by atoms with van der Waals surface area (Å²) in [6.07, 6.45) is 1.13. The fraction of sp³-hybridized carbons (Fsp3) is 0. The van der Waals surface area contributed by atoms with Crippen LogP contribution in [0, 0.1) is 23.3 Å². The quantitative estimate of drug-likeness (QED) is 0.661. The van der Waals surface area contributed by atoms with Crippen LogP contribution < -0.4 is 5.32 Å². The van der Waals surface area contributed by atoms with Crippen molar-refractivity contribution in [1.82, 2.24) is 4.98 Å². The molecule has 2 aromatic rings. The van der Waals surface area contributed by atoms with Crippen LogP contribution in [0.25, 0.3) is 0 Å². The number of nitrogens with zero attached hydrogens (tertiary/aromatic N) is 1. The van der Waals surface area contributed by atoms with Crippen molar-refractivity contribution in [3.8, 4) is 0 Å². The summed E-state index contributed by atoms with van der Waals surface area (Å²) in [5.74, 6) is -4.84. The maximum atomic E-state index is 13.3. The number of aromatic nitrogens is 1. The second kappa shape index (κ2) is 4.81. The third-order valence-electron chi connectivity index (χ3n) is 2.07. The molecule has 1 aromatic carbocycles. The van der Waals surface area contributed by atoms with Crippen LogP contribution in [0.15, 0.2) is 24.4 Å². The van der Waals surface area contributed by atoms with Gasteiger partial charge in [0.1, 0.15) is 5.82 Å². The molecule has 0 aliphatic heterocycles. The van der Waals surface area contributed by atoms with Crippen molar-refractivity contribution in [3.05, 3.63) is 52.7 Å². The first-order valence-corrected chi connectivity index (χ1v) is 5.08. The second-order valence-corrected chi connectivity index (χ2v) is 3.79. The Bertz CT molecular complexity index is 604. The van der Waals surface area contributed by atoms with Gasteiger partial charge in [-0.25, -0.2) is 22.5 Å². The zero-order valence-electron chi connectivity index (χ0n) is 8.65. The number of rotatable bonds is 2. The Morgan fingerprint density at radius 3 is 2.22 bits per heavy atom. The Hall–Kier alpha value is -1.82. The Morgan fingerprint density at radius 2 is 1.56 bits per heavy atom. The largest absolute Gasteiger partial charge is 0.335 e. The summed E-state index contributed by atoms with van der Waals surface area (Å²) in [6, 6.07) is 1.88. The molecule has 2 nitrogen and oxygen atoms in total. The van der Waals surface area contributed by atoms with Gasteiger partial charge in [0.05, 0.1) is 10.7 Å². The highest BCUT2D eigenvalue weighted by molar-refractivity contribution is 6.30. The molecule has 0 aliphatic rings. The van der Waals surface area contributed by atoms with Gasteiger partial charge in [-0.2, -0.15) is 0 Å². The van der Waals surface area contributed by atoms with Crippen molar-refractivity contribution in [3.63, 3.8) is 0 Å². The highest BCUT2D eigenvalue weighted by Gasteiger charge is 2.12. The summed E-state index contributed by atoms with van der Waals surface area (Å²) in [7, 11) is 0. The van der Waals surface area contributed by atoms with Gasteiger partial charge in [-0.3, -0.25) is 0 Å². The van der Waals surface area contributed by atoms with Gasteiger partial charge in [0.25, 0.3) is 0 Å². The minimum atomic E-state index is -1.33. The van der Waals surface area contributed by atoms with E-state index in [0.29, 0.717) is 12.1 Å². The van der Waals surface area contributed by atoms with E-state index in [-0.39, 0.29) is 10.8 Å². The van der Waals surface area contributed by atoms with E-state index in [0.717, 1.165) is 12.3 Å². The maximum Gasteiger partial charge on any atom is 0.167 e. The molecule has 18 heavy (non-hydrogen) atoms. The number of benzene rings is 1. The molecule has 0 fully saturated rings. The number of anilines is 2. The zero-order chi connectivity index (χ0) is 13.3. The molecule has 0 atom stereocenters. The Morgan fingerprint density at radius 1 is 0.889 bits per heavy atom. The first kappa shape index (κ1) is 12.6. The Balaban J connectivity index is 2.37. The Labute approximate surface area is 104 Å². The third kappa shape index (κ3) is 2.53. The number of hydrogen-bond acceptors (Lipinski definition) is 2. The molecule has 0 aliphatic carbocycles. The van der Waals surface area contributed by atoms with Gasteiger partial charge in [0, 0.05) is 18.3 Å². The molecule has 1 N–H and O–H groups in total. The van der Waals surface area contributed by atoms with Crippen LogP contribution in [0.3, 0.4) is 0 Å². The molecule has 0 radical (unpaired) electrons. The lowest BCUT2D eigenvalue weighted by atomic mass is 10.2. The van der Waals surface area contributed by atoms with Gasteiger partial charge in [-0.05, 0) is 6.07 Å².